The molecular formula is C18H10BrF3O2. The number of rotatable bonds is 2. The normalized spacial score (nSPS) is 11.5. The number of fused-ring (bicyclic) bond motifs is 1. The fourth-order valence-corrected chi connectivity index (χ4v) is 2.85. The summed E-state index contributed by atoms with van der Waals surface area (Å²) in [5.41, 5.74) is -1.06. The van der Waals surface area contributed by atoms with Crippen LogP contribution in [0.4, 0.5) is 13.2 Å². The van der Waals surface area contributed by atoms with E-state index in [0.29, 0.717) is 4.47 Å². The number of hydrogen-bond acceptors (Lipinski definition) is 2. The van der Waals surface area contributed by atoms with Crippen LogP contribution in [0.1, 0.15) is 15.9 Å². The van der Waals surface area contributed by atoms with Gasteiger partial charge in [-0.15, -0.1) is 0 Å². The molecule has 2 nitrogen and oxygen atoms in total. The Kier molecular flexibility index (Phi) is 4.32. The maximum Gasteiger partial charge on any atom is 0.416 e. The summed E-state index contributed by atoms with van der Waals surface area (Å²) in [5.74, 6) is -0.604. The highest BCUT2D eigenvalue weighted by Gasteiger charge is 2.31. The van der Waals surface area contributed by atoms with Crippen LogP contribution in [-0.4, -0.2) is 5.97 Å². The van der Waals surface area contributed by atoms with Crippen LogP contribution in [-0.2, 0) is 6.18 Å². The Morgan fingerprint density at radius 2 is 1.71 bits per heavy atom. The summed E-state index contributed by atoms with van der Waals surface area (Å²) in [4.78, 5) is 12.2. The minimum Gasteiger partial charge on any atom is -0.422 e. The molecule has 0 aromatic heterocycles. The lowest BCUT2D eigenvalue weighted by molar-refractivity contribution is -0.137. The van der Waals surface area contributed by atoms with E-state index < -0.39 is 17.7 Å². The quantitative estimate of drug-likeness (QED) is 0.403. The lowest BCUT2D eigenvalue weighted by atomic mass is 10.1. The molecule has 3 aromatic rings. The van der Waals surface area contributed by atoms with Crippen molar-refractivity contribution in [2.24, 2.45) is 0 Å². The van der Waals surface area contributed by atoms with E-state index in [2.05, 4.69) is 15.9 Å². The molecule has 0 aliphatic carbocycles. The Balaban J connectivity index is 1.92. The maximum atomic E-state index is 12.7. The lowest BCUT2D eigenvalue weighted by Crippen LogP contribution is -2.11. The van der Waals surface area contributed by atoms with Crippen LogP contribution in [0.2, 0.25) is 0 Å². The molecule has 0 fully saturated rings. The first kappa shape index (κ1) is 16.5. The second-order valence-electron chi connectivity index (χ2n) is 5.07. The second kappa shape index (κ2) is 6.28. The van der Waals surface area contributed by atoms with Gasteiger partial charge in [-0.3, -0.25) is 0 Å². The molecule has 0 bridgehead atoms. The van der Waals surface area contributed by atoms with E-state index in [4.69, 9.17) is 4.74 Å². The number of ether oxygens (including phenoxy) is 1. The first-order valence-electron chi connectivity index (χ1n) is 6.93. The van der Waals surface area contributed by atoms with Gasteiger partial charge in [-0.25, -0.2) is 4.79 Å². The third-order valence-electron chi connectivity index (χ3n) is 3.46. The summed E-state index contributed by atoms with van der Waals surface area (Å²) >= 11 is 3.37. The van der Waals surface area contributed by atoms with Crippen molar-refractivity contribution in [3.05, 3.63) is 76.3 Å². The molecule has 0 aliphatic heterocycles. The predicted octanol–water partition coefficient (Wildman–Crippen LogP) is 5.84. The van der Waals surface area contributed by atoms with E-state index in [1.807, 2.05) is 24.3 Å². The van der Waals surface area contributed by atoms with Gasteiger partial charge in [0, 0.05) is 0 Å². The van der Waals surface area contributed by atoms with Crippen molar-refractivity contribution in [2.45, 2.75) is 6.18 Å². The van der Waals surface area contributed by atoms with Crippen molar-refractivity contribution in [3.63, 3.8) is 0 Å². The molecule has 3 aromatic carbocycles. The Bertz CT molecular complexity index is 920. The average Bonchev–Trinajstić information content (AvgIpc) is 2.57. The molecule has 0 N–H and O–H groups in total. The predicted molar refractivity (Wildman–Crippen MR) is 88.1 cm³/mol. The van der Waals surface area contributed by atoms with Gasteiger partial charge >= 0.3 is 12.1 Å². The molecule has 6 heteroatoms. The number of halogens is 4. The average molecular weight is 395 g/mol. The highest BCUT2D eigenvalue weighted by molar-refractivity contribution is 9.10. The number of hydrogen-bond donors (Lipinski definition) is 0. The van der Waals surface area contributed by atoms with Gasteiger partial charge in [-0.2, -0.15) is 13.2 Å². The fraction of sp³-hybridized carbons (Fsp3) is 0.0556. The molecule has 0 amide bonds. The first-order valence-corrected chi connectivity index (χ1v) is 7.72. The van der Waals surface area contributed by atoms with Gasteiger partial charge in [0.1, 0.15) is 5.75 Å². The van der Waals surface area contributed by atoms with Crippen LogP contribution < -0.4 is 4.74 Å². The van der Waals surface area contributed by atoms with Crippen LogP contribution in [0.15, 0.2) is 65.1 Å². The molecule has 0 radical (unpaired) electrons. The van der Waals surface area contributed by atoms with Gasteiger partial charge in [0.05, 0.1) is 15.6 Å². The Morgan fingerprint density at radius 1 is 0.958 bits per heavy atom. The van der Waals surface area contributed by atoms with E-state index in [-0.39, 0.29) is 11.3 Å². The summed E-state index contributed by atoms with van der Waals surface area (Å²) in [5, 5.41) is 1.79. The molecule has 24 heavy (non-hydrogen) atoms. The maximum absolute atomic E-state index is 12.7. The van der Waals surface area contributed by atoms with Gasteiger partial charge in [0.2, 0.25) is 0 Å². The molecule has 122 valence electrons. The standard InChI is InChI=1S/C18H10BrF3O2/c19-16-14-7-2-1-4-11(14)8-9-15(16)24-17(23)12-5-3-6-13(10-12)18(20,21)22/h1-10H. The van der Waals surface area contributed by atoms with Crippen LogP contribution in [0.5, 0.6) is 5.75 Å². The minimum absolute atomic E-state index is 0.162. The fourth-order valence-electron chi connectivity index (χ4n) is 2.27. The highest BCUT2D eigenvalue weighted by Crippen LogP contribution is 2.34. The van der Waals surface area contributed by atoms with Crippen molar-refractivity contribution < 1.29 is 22.7 Å². The summed E-state index contributed by atoms with van der Waals surface area (Å²) in [6, 6.07) is 15.0. The molecule has 0 saturated carbocycles. The van der Waals surface area contributed by atoms with E-state index in [0.717, 1.165) is 22.9 Å². The zero-order chi connectivity index (χ0) is 17.3. The lowest BCUT2D eigenvalue weighted by Gasteiger charge is -2.10. The third kappa shape index (κ3) is 3.28. The SMILES string of the molecule is O=C(Oc1ccc2ccccc2c1Br)c1cccc(C(F)(F)F)c1. The van der Waals surface area contributed by atoms with Gasteiger partial charge in [0.15, 0.2) is 0 Å². The highest BCUT2D eigenvalue weighted by atomic mass is 79.9. The van der Waals surface area contributed by atoms with Crippen LogP contribution >= 0.6 is 15.9 Å². The zero-order valence-electron chi connectivity index (χ0n) is 12.1. The number of carbonyl (C=O) groups is 1. The molecule has 0 unspecified atom stereocenters. The van der Waals surface area contributed by atoms with Crippen molar-refractivity contribution in [1.82, 2.24) is 0 Å². The molecule has 3 rings (SSSR count). The van der Waals surface area contributed by atoms with Gasteiger partial charge in [-0.05, 0) is 51.0 Å². The van der Waals surface area contributed by atoms with Crippen molar-refractivity contribution >= 4 is 32.7 Å². The van der Waals surface area contributed by atoms with Gasteiger partial charge < -0.3 is 4.74 Å². The van der Waals surface area contributed by atoms with E-state index in [1.54, 1.807) is 12.1 Å². The summed E-state index contributed by atoms with van der Waals surface area (Å²) < 4.78 is 44.0. The largest absolute Gasteiger partial charge is 0.422 e. The third-order valence-corrected chi connectivity index (χ3v) is 4.27. The number of alkyl halides is 3. The monoisotopic (exact) mass is 394 g/mol. The molecule has 0 spiro atoms. The number of carbonyl (C=O) groups excluding carboxylic acids is 1. The number of benzene rings is 3. The van der Waals surface area contributed by atoms with Crippen LogP contribution in [0.25, 0.3) is 10.8 Å². The zero-order valence-corrected chi connectivity index (χ0v) is 13.7. The van der Waals surface area contributed by atoms with Crippen LogP contribution in [0, 0.1) is 0 Å². The molecule has 0 atom stereocenters. The molecule has 0 saturated heterocycles. The van der Waals surface area contributed by atoms with Crippen molar-refractivity contribution in [2.75, 3.05) is 0 Å². The molecule has 0 aliphatic rings. The van der Waals surface area contributed by atoms with Gasteiger partial charge in [0.25, 0.3) is 0 Å². The number of esters is 1. The van der Waals surface area contributed by atoms with Crippen molar-refractivity contribution in [1.29, 1.82) is 0 Å². The van der Waals surface area contributed by atoms with Gasteiger partial charge in [-0.1, -0.05) is 36.4 Å². The minimum atomic E-state index is -4.51. The Labute approximate surface area is 144 Å². The first-order chi connectivity index (χ1) is 11.4. The Morgan fingerprint density at radius 3 is 2.46 bits per heavy atom. The topological polar surface area (TPSA) is 26.3 Å². The molecular weight excluding hydrogens is 385 g/mol. The van der Waals surface area contributed by atoms with Crippen molar-refractivity contribution in [3.8, 4) is 5.75 Å². The summed E-state index contributed by atoms with van der Waals surface area (Å²) in [6.45, 7) is 0. The van der Waals surface area contributed by atoms with E-state index in [1.165, 1.54) is 12.1 Å². The molecule has 0 heterocycles. The summed E-state index contributed by atoms with van der Waals surface area (Å²) in [6.07, 6.45) is -4.51. The van der Waals surface area contributed by atoms with E-state index in [9.17, 15) is 18.0 Å². The Hall–Kier alpha value is -2.34. The van der Waals surface area contributed by atoms with E-state index >= 15 is 0 Å². The second-order valence-corrected chi connectivity index (χ2v) is 5.86. The summed E-state index contributed by atoms with van der Waals surface area (Å²) in [7, 11) is 0. The smallest absolute Gasteiger partial charge is 0.416 e. The van der Waals surface area contributed by atoms with Crippen LogP contribution in [0.3, 0.4) is 0 Å².